The number of likely N-dealkylation sites (tertiary alicyclic amines) is 1. The van der Waals surface area contributed by atoms with E-state index in [-0.39, 0.29) is 11.9 Å². The van der Waals surface area contributed by atoms with Crippen LogP contribution in [-0.4, -0.2) is 36.5 Å². The van der Waals surface area contributed by atoms with Gasteiger partial charge in [-0.1, -0.05) is 30.3 Å². The summed E-state index contributed by atoms with van der Waals surface area (Å²) in [4.78, 5) is 26.9. The zero-order chi connectivity index (χ0) is 19.5. The van der Waals surface area contributed by atoms with Crippen LogP contribution < -0.4 is 4.74 Å². The van der Waals surface area contributed by atoms with Crippen LogP contribution in [0.2, 0.25) is 0 Å². The minimum absolute atomic E-state index is 0.116. The van der Waals surface area contributed by atoms with Crippen molar-refractivity contribution < 1.29 is 19.1 Å². The molecule has 0 spiro atoms. The zero-order valence-corrected chi connectivity index (χ0v) is 16.4. The number of thiophene rings is 1. The Balaban J connectivity index is 1.42. The average molecular weight is 395 g/mol. The molecule has 1 saturated heterocycles. The highest BCUT2D eigenvalue weighted by Gasteiger charge is 2.35. The molecular formula is C22H21NO4S. The van der Waals surface area contributed by atoms with Crippen molar-refractivity contribution in [2.24, 2.45) is 0 Å². The number of carbonyl (C=O) groups is 2. The number of benzene rings is 2. The largest absolute Gasteiger partial charge is 0.489 e. The number of nitrogens with zero attached hydrogens (tertiary/aromatic N) is 1. The van der Waals surface area contributed by atoms with Crippen molar-refractivity contribution in [1.82, 2.24) is 4.90 Å². The zero-order valence-electron chi connectivity index (χ0n) is 15.6. The van der Waals surface area contributed by atoms with Crippen molar-refractivity contribution in [2.75, 3.05) is 13.7 Å². The third kappa shape index (κ3) is 3.73. The first-order valence-electron chi connectivity index (χ1n) is 9.23. The second-order valence-electron chi connectivity index (χ2n) is 6.80. The molecule has 1 fully saturated rings. The summed E-state index contributed by atoms with van der Waals surface area (Å²) in [6.45, 7) is 0.974. The first-order chi connectivity index (χ1) is 13.7. The lowest BCUT2D eigenvalue weighted by molar-refractivity contribution is -0.145. The molecule has 1 aliphatic rings. The van der Waals surface area contributed by atoms with Crippen LogP contribution in [0.5, 0.6) is 5.75 Å². The maximum Gasteiger partial charge on any atom is 0.328 e. The fourth-order valence-electron chi connectivity index (χ4n) is 3.52. The SMILES string of the molecule is COC(=O)C1CCCN1C(=O)c1cc(COc2ccc3ccccc3c2)cs1. The molecule has 144 valence electrons. The van der Waals surface area contributed by atoms with Gasteiger partial charge in [0.25, 0.3) is 5.91 Å². The molecule has 0 bridgehead atoms. The fraction of sp³-hybridized carbons (Fsp3) is 0.273. The molecule has 28 heavy (non-hydrogen) atoms. The van der Waals surface area contributed by atoms with Gasteiger partial charge in [-0.3, -0.25) is 4.79 Å². The predicted molar refractivity (Wildman–Crippen MR) is 109 cm³/mol. The summed E-state index contributed by atoms with van der Waals surface area (Å²) < 4.78 is 10.7. The molecule has 6 heteroatoms. The van der Waals surface area contributed by atoms with Gasteiger partial charge in [-0.25, -0.2) is 4.79 Å². The van der Waals surface area contributed by atoms with Crippen molar-refractivity contribution in [3.8, 4) is 5.75 Å². The summed E-state index contributed by atoms with van der Waals surface area (Å²) >= 11 is 1.38. The molecule has 1 unspecified atom stereocenters. The van der Waals surface area contributed by atoms with E-state index in [1.54, 1.807) is 4.90 Å². The molecule has 0 N–H and O–H groups in total. The standard InChI is InChI=1S/C22H21NO4S/c1-26-22(25)19-7-4-10-23(19)21(24)20-11-15(14-28-20)13-27-18-9-8-16-5-2-3-6-17(16)12-18/h2-3,5-6,8-9,11-12,14,19H,4,7,10,13H2,1H3. The van der Waals surface area contributed by atoms with E-state index in [1.165, 1.54) is 23.8 Å². The van der Waals surface area contributed by atoms with Crippen LogP contribution in [0.15, 0.2) is 53.9 Å². The molecule has 4 rings (SSSR count). The third-order valence-corrected chi connectivity index (χ3v) is 5.94. The normalized spacial score (nSPS) is 16.3. The van der Waals surface area contributed by atoms with Gasteiger partial charge in [0.1, 0.15) is 18.4 Å². The lowest BCUT2D eigenvalue weighted by Gasteiger charge is -2.21. The van der Waals surface area contributed by atoms with E-state index < -0.39 is 6.04 Å². The Labute approximate surface area is 167 Å². The van der Waals surface area contributed by atoms with Crippen LogP contribution in [0.25, 0.3) is 10.8 Å². The number of hydrogen-bond acceptors (Lipinski definition) is 5. The Morgan fingerprint density at radius 3 is 2.79 bits per heavy atom. The predicted octanol–water partition coefficient (Wildman–Crippen LogP) is 4.26. The molecule has 0 radical (unpaired) electrons. The summed E-state index contributed by atoms with van der Waals surface area (Å²) in [5.74, 6) is 0.334. The van der Waals surface area contributed by atoms with E-state index in [0.717, 1.165) is 23.1 Å². The highest BCUT2D eigenvalue weighted by molar-refractivity contribution is 7.12. The lowest BCUT2D eigenvalue weighted by atomic mass is 10.1. The van der Waals surface area contributed by atoms with Gasteiger partial charge in [-0.15, -0.1) is 11.3 Å². The lowest BCUT2D eigenvalue weighted by Crippen LogP contribution is -2.40. The van der Waals surface area contributed by atoms with Gasteiger partial charge in [0.15, 0.2) is 0 Å². The molecule has 0 aliphatic carbocycles. The number of fused-ring (bicyclic) bond motifs is 1. The number of esters is 1. The average Bonchev–Trinajstić information content (AvgIpc) is 3.41. The Bertz CT molecular complexity index is 1010. The molecular weight excluding hydrogens is 374 g/mol. The van der Waals surface area contributed by atoms with Crippen LogP contribution in [-0.2, 0) is 16.1 Å². The van der Waals surface area contributed by atoms with E-state index in [4.69, 9.17) is 9.47 Å². The third-order valence-electron chi connectivity index (χ3n) is 4.98. The minimum Gasteiger partial charge on any atom is -0.489 e. The number of amides is 1. The Morgan fingerprint density at radius 1 is 1.14 bits per heavy atom. The van der Waals surface area contributed by atoms with E-state index >= 15 is 0 Å². The molecule has 1 aromatic heterocycles. The number of carbonyl (C=O) groups excluding carboxylic acids is 2. The number of rotatable bonds is 5. The smallest absolute Gasteiger partial charge is 0.328 e. The van der Waals surface area contributed by atoms with Gasteiger partial charge in [0, 0.05) is 12.1 Å². The van der Waals surface area contributed by atoms with Gasteiger partial charge >= 0.3 is 5.97 Å². The second kappa shape index (κ2) is 8.02. The molecule has 3 aromatic rings. The van der Waals surface area contributed by atoms with Gasteiger partial charge in [0.2, 0.25) is 0 Å². The van der Waals surface area contributed by atoms with Gasteiger partial charge in [-0.2, -0.15) is 0 Å². The summed E-state index contributed by atoms with van der Waals surface area (Å²) in [6.07, 6.45) is 1.47. The molecule has 2 heterocycles. The quantitative estimate of drug-likeness (QED) is 0.606. The Morgan fingerprint density at radius 2 is 1.96 bits per heavy atom. The monoisotopic (exact) mass is 395 g/mol. The first-order valence-corrected chi connectivity index (χ1v) is 10.1. The van der Waals surface area contributed by atoms with Crippen LogP contribution in [0.3, 0.4) is 0 Å². The number of hydrogen-bond donors (Lipinski definition) is 0. The van der Waals surface area contributed by atoms with Crippen LogP contribution in [0, 0.1) is 0 Å². The van der Waals surface area contributed by atoms with Crippen molar-refractivity contribution in [2.45, 2.75) is 25.5 Å². The molecule has 2 aromatic carbocycles. The van der Waals surface area contributed by atoms with E-state index in [1.807, 2.05) is 41.8 Å². The minimum atomic E-state index is -0.475. The van der Waals surface area contributed by atoms with Gasteiger partial charge in [-0.05, 0) is 47.2 Å². The fourth-order valence-corrected chi connectivity index (χ4v) is 4.37. The first kappa shape index (κ1) is 18.5. The molecule has 5 nitrogen and oxygen atoms in total. The summed E-state index contributed by atoms with van der Waals surface area (Å²) in [6, 6.07) is 15.5. The van der Waals surface area contributed by atoms with E-state index in [9.17, 15) is 9.59 Å². The highest BCUT2D eigenvalue weighted by atomic mass is 32.1. The van der Waals surface area contributed by atoms with Crippen molar-refractivity contribution in [3.05, 3.63) is 64.4 Å². The van der Waals surface area contributed by atoms with E-state index in [0.29, 0.717) is 24.4 Å². The molecule has 1 aliphatic heterocycles. The highest BCUT2D eigenvalue weighted by Crippen LogP contribution is 2.26. The van der Waals surface area contributed by atoms with Gasteiger partial charge in [0.05, 0.1) is 12.0 Å². The van der Waals surface area contributed by atoms with Crippen molar-refractivity contribution in [3.63, 3.8) is 0 Å². The van der Waals surface area contributed by atoms with Crippen molar-refractivity contribution in [1.29, 1.82) is 0 Å². The summed E-state index contributed by atoms with van der Waals surface area (Å²) in [7, 11) is 1.36. The van der Waals surface area contributed by atoms with Crippen LogP contribution in [0.1, 0.15) is 28.1 Å². The Hall–Kier alpha value is -2.86. The summed E-state index contributed by atoms with van der Waals surface area (Å²) in [5, 5.41) is 4.23. The second-order valence-corrected chi connectivity index (χ2v) is 7.71. The van der Waals surface area contributed by atoms with Crippen LogP contribution >= 0.6 is 11.3 Å². The molecule has 0 saturated carbocycles. The maximum atomic E-state index is 12.8. The van der Waals surface area contributed by atoms with Crippen molar-refractivity contribution >= 4 is 34.0 Å². The molecule has 1 amide bonds. The van der Waals surface area contributed by atoms with E-state index in [2.05, 4.69) is 12.1 Å². The van der Waals surface area contributed by atoms with Gasteiger partial charge < -0.3 is 14.4 Å². The summed E-state index contributed by atoms with van der Waals surface area (Å²) in [5.41, 5.74) is 0.940. The number of methoxy groups -OCH3 is 1. The topological polar surface area (TPSA) is 55.8 Å². The maximum absolute atomic E-state index is 12.8. The Kier molecular flexibility index (Phi) is 5.30. The molecule has 1 atom stereocenters. The van der Waals surface area contributed by atoms with Crippen LogP contribution in [0.4, 0.5) is 0 Å². The number of ether oxygens (including phenoxy) is 2.